The molecule has 1 aromatic rings. The summed E-state index contributed by atoms with van der Waals surface area (Å²) in [4.78, 5) is 8.77. The number of aryl methyl sites for hydroxylation is 1. The molecular formula is C10H18N4O2S. The first-order valence-electron chi connectivity index (χ1n) is 5.70. The zero-order valence-electron chi connectivity index (χ0n) is 10.1. The summed E-state index contributed by atoms with van der Waals surface area (Å²) in [5, 5.41) is 0.129. The number of hydrogen-bond acceptors (Lipinski definition) is 4. The fourth-order valence-corrected chi connectivity index (χ4v) is 2.66. The minimum Gasteiger partial charge on any atom is -0.332 e. The van der Waals surface area contributed by atoms with Crippen molar-refractivity contribution in [2.24, 2.45) is 0 Å². The van der Waals surface area contributed by atoms with Crippen LogP contribution in [0.3, 0.4) is 0 Å². The van der Waals surface area contributed by atoms with Crippen LogP contribution >= 0.6 is 0 Å². The molecule has 2 N–H and O–H groups in total. The molecule has 6 nitrogen and oxygen atoms in total. The van der Waals surface area contributed by atoms with Gasteiger partial charge in [0.05, 0.1) is 6.20 Å². The van der Waals surface area contributed by atoms with Crippen molar-refractivity contribution in [1.29, 1.82) is 0 Å². The second-order valence-corrected chi connectivity index (χ2v) is 6.18. The fourth-order valence-electron chi connectivity index (χ4n) is 1.67. The highest BCUT2D eigenvalue weighted by molar-refractivity contribution is 7.89. The standard InChI is InChI=1S/C10H18N4O2S/c1-8-11-7-10(13-8)17(15,16)12-5-6-14(2)9-3-4-9/h7,9,12H,3-6H2,1-2H3,(H,11,13). The maximum Gasteiger partial charge on any atom is 0.257 e. The van der Waals surface area contributed by atoms with Crippen LogP contribution in [0.25, 0.3) is 0 Å². The number of nitrogens with zero attached hydrogens (tertiary/aromatic N) is 2. The monoisotopic (exact) mass is 258 g/mol. The zero-order valence-corrected chi connectivity index (χ0v) is 10.9. The molecule has 0 saturated heterocycles. The van der Waals surface area contributed by atoms with E-state index in [0.717, 1.165) is 6.54 Å². The first-order valence-corrected chi connectivity index (χ1v) is 7.19. The molecule has 0 radical (unpaired) electrons. The van der Waals surface area contributed by atoms with Crippen LogP contribution in [0.5, 0.6) is 0 Å². The number of rotatable bonds is 6. The third-order valence-electron chi connectivity index (χ3n) is 2.90. The van der Waals surface area contributed by atoms with Crippen LogP contribution in [0, 0.1) is 6.92 Å². The second-order valence-electron chi connectivity index (χ2n) is 4.44. The van der Waals surface area contributed by atoms with Crippen molar-refractivity contribution in [3.8, 4) is 0 Å². The van der Waals surface area contributed by atoms with Crippen LogP contribution in [0.15, 0.2) is 11.2 Å². The first-order chi connectivity index (χ1) is 7.99. The number of likely N-dealkylation sites (N-methyl/N-ethyl adjacent to an activating group) is 1. The van der Waals surface area contributed by atoms with E-state index in [1.165, 1.54) is 19.0 Å². The Kier molecular flexibility index (Phi) is 3.50. The first kappa shape index (κ1) is 12.5. The Morgan fingerprint density at radius 1 is 1.59 bits per heavy atom. The SMILES string of the molecule is Cc1ncc(S(=O)(=O)NCCN(C)C2CC2)[nH]1. The summed E-state index contributed by atoms with van der Waals surface area (Å²) in [6.45, 7) is 2.88. The Hall–Kier alpha value is -0.920. The number of aromatic nitrogens is 2. The van der Waals surface area contributed by atoms with Gasteiger partial charge >= 0.3 is 0 Å². The Bertz CT molecular complexity index is 478. The second kappa shape index (κ2) is 4.75. The largest absolute Gasteiger partial charge is 0.332 e. The van der Waals surface area contributed by atoms with Crippen LogP contribution in [0.1, 0.15) is 18.7 Å². The van der Waals surface area contributed by atoms with Gasteiger partial charge in [0.2, 0.25) is 0 Å². The van der Waals surface area contributed by atoms with Gasteiger partial charge in [-0.25, -0.2) is 18.1 Å². The van der Waals surface area contributed by atoms with E-state index in [1.807, 2.05) is 7.05 Å². The van der Waals surface area contributed by atoms with E-state index in [2.05, 4.69) is 19.6 Å². The molecule has 7 heteroatoms. The van der Waals surface area contributed by atoms with E-state index in [0.29, 0.717) is 18.4 Å². The Labute approximate surface area is 101 Å². The van der Waals surface area contributed by atoms with Gasteiger partial charge in [0.15, 0.2) is 5.03 Å². The van der Waals surface area contributed by atoms with Crippen LogP contribution < -0.4 is 4.72 Å². The van der Waals surface area contributed by atoms with E-state index in [4.69, 9.17) is 0 Å². The molecule has 1 saturated carbocycles. The average molecular weight is 258 g/mol. The smallest absolute Gasteiger partial charge is 0.257 e. The van der Waals surface area contributed by atoms with Crippen molar-refractivity contribution in [3.63, 3.8) is 0 Å². The number of H-pyrrole nitrogens is 1. The molecule has 0 aliphatic heterocycles. The van der Waals surface area contributed by atoms with E-state index in [1.54, 1.807) is 6.92 Å². The molecule has 17 heavy (non-hydrogen) atoms. The molecule has 2 rings (SSSR count). The number of imidazole rings is 1. The minimum absolute atomic E-state index is 0.129. The summed E-state index contributed by atoms with van der Waals surface area (Å²) in [6.07, 6.45) is 3.79. The summed E-state index contributed by atoms with van der Waals surface area (Å²) in [5.74, 6) is 0.598. The van der Waals surface area contributed by atoms with Crippen molar-refractivity contribution >= 4 is 10.0 Å². The lowest BCUT2D eigenvalue weighted by Crippen LogP contribution is -2.34. The maximum atomic E-state index is 11.8. The van der Waals surface area contributed by atoms with Gasteiger partial charge in [0.25, 0.3) is 10.0 Å². The highest BCUT2D eigenvalue weighted by Gasteiger charge is 2.26. The Morgan fingerprint density at radius 2 is 2.29 bits per heavy atom. The fraction of sp³-hybridized carbons (Fsp3) is 0.700. The van der Waals surface area contributed by atoms with Crippen molar-refractivity contribution in [3.05, 3.63) is 12.0 Å². The number of hydrogen-bond donors (Lipinski definition) is 2. The van der Waals surface area contributed by atoms with Gasteiger partial charge in [0.1, 0.15) is 5.82 Å². The van der Waals surface area contributed by atoms with E-state index in [9.17, 15) is 8.42 Å². The number of aromatic amines is 1. The molecule has 0 aromatic carbocycles. The van der Waals surface area contributed by atoms with Crippen molar-refractivity contribution in [1.82, 2.24) is 19.6 Å². The molecule has 0 unspecified atom stereocenters. The van der Waals surface area contributed by atoms with Gasteiger partial charge in [-0.2, -0.15) is 0 Å². The minimum atomic E-state index is -3.44. The van der Waals surface area contributed by atoms with Crippen LogP contribution in [0.4, 0.5) is 0 Å². The lowest BCUT2D eigenvalue weighted by molar-refractivity contribution is 0.329. The molecule has 1 aliphatic rings. The summed E-state index contributed by atoms with van der Waals surface area (Å²) in [6, 6.07) is 0.647. The lowest BCUT2D eigenvalue weighted by atomic mass is 10.5. The summed E-state index contributed by atoms with van der Waals surface area (Å²) in [5.41, 5.74) is 0. The predicted molar refractivity (Wildman–Crippen MR) is 64.2 cm³/mol. The Morgan fingerprint density at radius 3 is 2.82 bits per heavy atom. The van der Waals surface area contributed by atoms with Gasteiger partial charge < -0.3 is 9.88 Å². The third-order valence-corrected chi connectivity index (χ3v) is 4.27. The van der Waals surface area contributed by atoms with E-state index < -0.39 is 10.0 Å². The molecule has 0 amide bonds. The molecule has 96 valence electrons. The van der Waals surface area contributed by atoms with Crippen LogP contribution in [-0.4, -0.2) is 49.5 Å². The van der Waals surface area contributed by atoms with Crippen molar-refractivity contribution < 1.29 is 8.42 Å². The number of sulfonamides is 1. The predicted octanol–water partition coefficient (Wildman–Crippen LogP) is 0.0906. The average Bonchev–Trinajstić information content (AvgIpc) is 3.01. The maximum absolute atomic E-state index is 11.8. The van der Waals surface area contributed by atoms with Crippen molar-refractivity contribution in [2.45, 2.75) is 30.8 Å². The van der Waals surface area contributed by atoms with Crippen LogP contribution in [-0.2, 0) is 10.0 Å². The highest BCUT2D eigenvalue weighted by atomic mass is 32.2. The van der Waals surface area contributed by atoms with Gasteiger partial charge in [0, 0.05) is 19.1 Å². The topological polar surface area (TPSA) is 78.1 Å². The van der Waals surface area contributed by atoms with E-state index in [-0.39, 0.29) is 5.03 Å². The molecule has 1 aromatic heterocycles. The third kappa shape index (κ3) is 3.27. The summed E-state index contributed by atoms with van der Waals surface area (Å²) in [7, 11) is -1.41. The van der Waals surface area contributed by atoms with Gasteiger partial charge in [-0.3, -0.25) is 0 Å². The van der Waals surface area contributed by atoms with Gasteiger partial charge in [-0.05, 0) is 26.8 Å². The molecule has 0 bridgehead atoms. The zero-order chi connectivity index (χ0) is 12.5. The molecule has 0 spiro atoms. The van der Waals surface area contributed by atoms with Crippen LogP contribution in [0.2, 0.25) is 0 Å². The van der Waals surface area contributed by atoms with Gasteiger partial charge in [-0.1, -0.05) is 0 Å². The highest BCUT2D eigenvalue weighted by Crippen LogP contribution is 2.24. The van der Waals surface area contributed by atoms with Gasteiger partial charge in [-0.15, -0.1) is 0 Å². The molecule has 1 fully saturated rings. The Balaban J connectivity index is 1.85. The summed E-state index contributed by atoms with van der Waals surface area (Å²) >= 11 is 0. The van der Waals surface area contributed by atoms with E-state index >= 15 is 0 Å². The summed E-state index contributed by atoms with van der Waals surface area (Å²) < 4.78 is 26.2. The molecule has 1 aliphatic carbocycles. The number of nitrogens with one attached hydrogen (secondary N) is 2. The molecular weight excluding hydrogens is 240 g/mol. The lowest BCUT2D eigenvalue weighted by Gasteiger charge is -2.15. The quantitative estimate of drug-likeness (QED) is 0.758. The molecule has 1 heterocycles. The molecule has 0 atom stereocenters. The normalized spacial score (nSPS) is 16.6. The van der Waals surface area contributed by atoms with Crippen molar-refractivity contribution in [2.75, 3.05) is 20.1 Å².